The summed E-state index contributed by atoms with van der Waals surface area (Å²) in [6.45, 7) is 0. The molecule has 0 bridgehead atoms. The van der Waals surface area contributed by atoms with E-state index in [2.05, 4.69) is 20.5 Å². The molecule has 0 aliphatic carbocycles. The fourth-order valence-electron chi connectivity index (χ4n) is 2.88. The molecule has 1 unspecified atom stereocenters. The summed E-state index contributed by atoms with van der Waals surface area (Å²) in [6.07, 6.45) is 5.09. The van der Waals surface area contributed by atoms with Crippen molar-refractivity contribution in [3.63, 3.8) is 0 Å². The van der Waals surface area contributed by atoms with Gasteiger partial charge in [0, 0.05) is 19.4 Å². The maximum absolute atomic E-state index is 12.7. The Bertz CT molecular complexity index is 1090. The lowest BCUT2D eigenvalue weighted by atomic mass is 10.1. The average Bonchev–Trinajstić information content (AvgIpc) is 3.47. The number of nitrogen functional groups attached to an aromatic ring is 1. The number of benzene rings is 1. The number of aromatic nitrogens is 5. The molecule has 1 aromatic carbocycles. The van der Waals surface area contributed by atoms with Crippen LogP contribution in [0.25, 0.3) is 11.6 Å². The van der Waals surface area contributed by atoms with Crippen LogP contribution >= 0.6 is 11.8 Å². The highest BCUT2D eigenvalue weighted by Crippen LogP contribution is 2.23. The van der Waals surface area contributed by atoms with Gasteiger partial charge in [-0.25, -0.2) is 9.66 Å². The minimum atomic E-state index is -0.362. The number of imidazole rings is 1. The zero-order valence-electron chi connectivity index (χ0n) is 15.6. The van der Waals surface area contributed by atoms with Gasteiger partial charge in [0.2, 0.25) is 16.9 Å². The SMILES string of the molecule is Cn1ccnc1C(NC(=O)CSc1nnc(-c2ccco2)n1N)c1ccccc1. The molecule has 9 nitrogen and oxygen atoms in total. The number of hydrogen-bond donors (Lipinski definition) is 2. The van der Waals surface area contributed by atoms with Gasteiger partial charge in [0.1, 0.15) is 11.9 Å². The maximum atomic E-state index is 12.7. The molecular formula is C19H19N7O2S. The van der Waals surface area contributed by atoms with Gasteiger partial charge in [-0.05, 0) is 17.7 Å². The number of nitrogens with one attached hydrogen (secondary N) is 1. The van der Waals surface area contributed by atoms with Crippen LogP contribution in [0.4, 0.5) is 0 Å². The Kier molecular flexibility index (Phi) is 5.34. The van der Waals surface area contributed by atoms with Crippen molar-refractivity contribution in [1.82, 2.24) is 29.7 Å². The molecule has 0 saturated carbocycles. The van der Waals surface area contributed by atoms with Gasteiger partial charge in [0.25, 0.3) is 0 Å². The lowest BCUT2D eigenvalue weighted by Gasteiger charge is -2.19. The second-order valence-corrected chi connectivity index (χ2v) is 7.19. The Morgan fingerprint density at radius 3 is 2.76 bits per heavy atom. The molecule has 1 amide bonds. The minimum Gasteiger partial charge on any atom is -0.461 e. The van der Waals surface area contributed by atoms with Gasteiger partial charge >= 0.3 is 0 Å². The number of amides is 1. The van der Waals surface area contributed by atoms with Crippen LogP contribution in [0.2, 0.25) is 0 Å². The van der Waals surface area contributed by atoms with Gasteiger partial charge in [0.15, 0.2) is 5.76 Å². The molecule has 0 aliphatic rings. The van der Waals surface area contributed by atoms with Crippen molar-refractivity contribution in [3.05, 3.63) is 72.5 Å². The molecule has 29 heavy (non-hydrogen) atoms. The molecule has 0 fully saturated rings. The first-order valence-corrected chi connectivity index (χ1v) is 9.80. The zero-order chi connectivity index (χ0) is 20.2. The van der Waals surface area contributed by atoms with E-state index in [1.807, 2.05) is 48.1 Å². The number of carbonyl (C=O) groups is 1. The molecule has 0 aliphatic heterocycles. The average molecular weight is 409 g/mol. The molecule has 10 heteroatoms. The first kappa shape index (κ1) is 18.8. The van der Waals surface area contributed by atoms with Crippen molar-refractivity contribution in [3.8, 4) is 11.6 Å². The second kappa shape index (κ2) is 8.23. The van der Waals surface area contributed by atoms with Crippen LogP contribution < -0.4 is 11.2 Å². The Morgan fingerprint density at radius 1 is 1.24 bits per heavy atom. The zero-order valence-corrected chi connectivity index (χ0v) is 16.4. The normalized spacial score (nSPS) is 12.0. The smallest absolute Gasteiger partial charge is 0.231 e. The third-order valence-electron chi connectivity index (χ3n) is 4.29. The molecular weight excluding hydrogens is 390 g/mol. The number of rotatable bonds is 7. The van der Waals surface area contributed by atoms with E-state index in [0.717, 1.165) is 11.4 Å². The summed E-state index contributed by atoms with van der Waals surface area (Å²) in [5.74, 6) is 7.64. The second-order valence-electron chi connectivity index (χ2n) is 6.25. The van der Waals surface area contributed by atoms with Crippen LogP contribution in [0.1, 0.15) is 17.4 Å². The number of hydrogen-bond acceptors (Lipinski definition) is 7. The van der Waals surface area contributed by atoms with E-state index in [4.69, 9.17) is 10.3 Å². The fraction of sp³-hybridized carbons (Fsp3) is 0.158. The summed E-state index contributed by atoms with van der Waals surface area (Å²) in [5.41, 5.74) is 0.947. The topological polar surface area (TPSA) is 117 Å². The van der Waals surface area contributed by atoms with Crippen molar-refractivity contribution < 1.29 is 9.21 Å². The van der Waals surface area contributed by atoms with Gasteiger partial charge in [-0.1, -0.05) is 42.1 Å². The molecule has 3 heterocycles. The summed E-state index contributed by atoms with van der Waals surface area (Å²) in [5, 5.41) is 11.5. The molecule has 148 valence electrons. The molecule has 0 saturated heterocycles. The highest BCUT2D eigenvalue weighted by molar-refractivity contribution is 7.99. The first-order chi connectivity index (χ1) is 14.1. The van der Waals surface area contributed by atoms with E-state index >= 15 is 0 Å². The van der Waals surface area contributed by atoms with E-state index < -0.39 is 0 Å². The van der Waals surface area contributed by atoms with Gasteiger partial charge < -0.3 is 20.1 Å². The van der Waals surface area contributed by atoms with Crippen LogP contribution in [0, 0.1) is 0 Å². The number of nitrogens with zero attached hydrogens (tertiary/aromatic N) is 5. The number of carbonyl (C=O) groups excluding carboxylic acids is 1. The highest BCUT2D eigenvalue weighted by Gasteiger charge is 2.21. The van der Waals surface area contributed by atoms with Gasteiger partial charge in [-0.15, -0.1) is 10.2 Å². The summed E-state index contributed by atoms with van der Waals surface area (Å²) < 4.78 is 8.49. The number of thioether (sulfide) groups is 1. The minimum absolute atomic E-state index is 0.126. The molecule has 4 aromatic rings. The predicted octanol–water partition coefficient (Wildman–Crippen LogP) is 1.98. The molecule has 3 N–H and O–H groups in total. The Morgan fingerprint density at radius 2 is 2.07 bits per heavy atom. The van der Waals surface area contributed by atoms with Crippen molar-refractivity contribution in [2.45, 2.75) is 11.2 Å². The highest BCUT2D eigenvalue weighted by atomic mass is 32.2. The fourth-order valence-corrected chi connectivity index (χ4v) is 3.55. The monoisotopic (exact) mass is 409 g/mol. The molecule has 4 rings (SSSR count). The lowest BCUT2D eigenvalue weighted by molar-refractivity contribution is -0.119. The summed E-state index contributed by atoms with van der Waals surface area (Å²) in [6, 6.07) is 12.8. The van der Waals surface area contributed by atoms with Crippen LogP contribution in [-0.2, 0) is 11.8 Å². The maximum Gasteiger partial charge on any atom is 0.231 e. The number of nitrogens with two attached hydrogens (primary N) is 1. The standard InChI is InChI=1S/C19H19N7O2S/c1-25-10-9-21-18(25)16(13-6-3-2-4-7-13)22-15(27)12-29-19-24-23-17(26(19)20)14-8-5-11-28-14/h2-11,16H,12,20H2,1H3,(H,22,27). The van der Waals surface area contributed by atoms with Crippen LogP contribution in [0.15, 0.2) is 70.7 Å². The predicted molar refractivity (Wildman–Crippen MR) is 108 cm³/mol. The molecule has 0 spiro atoms. The summed E-state index contributed by atoms with van der Waals surface area (Å²) >= 11 is 1.20. The Balaban J connectivity index is 1.46. The summed E-state index contributed by atoms with van der Waals surface area (Å²) in [7, 11) is 1.90. The van der Waals surface area contributed by atoms with Crippen molar-refractivity contribution in [2.75, 3.05) is 11.6 Å². The third kappa shape index (κ3) is 4.02. The van der Waals surface area contributed by atoms with Gasteiger partial charge in [-0.3, -0.25) is 4.79 Å². The quantitative estimate of drug-likeness (QED) is 0.354. The van der Waals surface area contributed by atoms with Crippen molar-refractivity contribution >= 4 is 17.7 Å². The first-order valence-electron chi connectivity index (χ1n) is 8.82. The largest absolute Gasteiger partial charge is 0.461 e. The van der Waals surface area contributed by atoms with Crippen molar-refractivity contribution in [1.29, 1.82) is 0 Å². The Labute approximate surface area is 170 Å². The van der Waals surface area contributed by atoms with Crippen LogP contribution in [0.3, 0.4) is 0 Å². The lowest BCUT2D eigenvalue weighted by Crippen LogP contribution is -2.32. The number of aryl methyl sites for hydroxylation is 1. The van der Waals surface area contributed by atoms with E-state index in [-0.39, 0.29) is 17.7 Å². The third-order valence-corrected chi connectivity index (χ3v) is 5.24. The van der Waals surface area contributed by atoms with E-state index in [0.29, 0.717) is 16.7 Å². The van der Waals surface area contributed by atoms with Gasteiger partial charge in [-0.2, -0.15) is 0 Å². The Hall–Kier alpha value is -3.53. The molecule has 3 aromatic heterocycles. The van der Waals surface area contributed by atoms with E-state index in [1.165, 1.54) is 22.7 Å². The summed E-state index contributed by atoms with van der Waals surface area (Å²) in [4.78, 5) is 17.1. The number of furan rings is 1. The molecule has 0 radical (unpaired) electrons. The van der Waals surface area contributed by atoms with Gasteiger partial charge in [0.05, 0.1) is 12.0 Å². The molecule has 1 atom stereocenters. The van der Waals surface area contributed by atoms with Crippen molar-refractivity contribution in [2.24, 2.45) is 7.05 Å². The van der Waals surface area contributed by atoms with E-state index in [1.54, 1.807) is 18.3 Å². The van der Waals surface area contributed by atoms with Crippen LogP contribution in [0.5, 0.6) is 0 Å². The van der Waals surface area contributed by atoms with Crippen LogP contribution in [-0.4, -0.2) is 36.1 Å². The van der Waals surface area contributed by atoms with E-state index in [9.17, 15) is 4.79 Å².